The molecule has 1 rings (SSSR count). The van der Waals surface area contributed by atoms with Gasteiger partial charge in [0.2, 0.25) is 0 Å². The number of allylic oxidation sites excluding steroid dienone is 12. The first-order chi connectivity index (χ1) is 18.0. The van der Waals surface area contributed by atoms with Gasteiger partial charge in [0, 0.05) is 6.42 Å². The number of hydrogen-bond donors (Lipinski definition) is 2. The van der Waals surface area contributed by atoms with Crippen molar-refractivity contribution in [2.45, 2.75) is 70.8 Å². The molecule has 1 aromatic carbocycles. The van der Waals surface area contributed by atoms with Crippen LogP contribution in [0.3, 0.4) is 0 Å². The Morgan fingerprint density at radius 1 is 0.784 bits per heavy atom. The molecule has 1 aromatic rings. The zero-order valence-electron chi connectivity index (χ0n) is 22.5. The van der Waals surface area contributed by atoms with Crippen LogP contribution in [0.2, 0.25) is 0 Å². The van der Waals surface area contributed by atoms with E-state index in [1.165, 1.54) is 7.11 Å². The molecule has 0 radical (unpaired) electrons. The summed E-state index contributed by atoms with van der Waals surface area (Å²) in [6.45, 7) is 2.15. The summed E-state index contributed by atoms with van der Waals surface area (Å²) >= 11 is 0. The number of aliphatic carboxylic acids is 1. The number of rotatable bonds is 17. The van der Waals surface area contributed by atoms with Crippen molar-refractivity contribution in [2.24, 2.45) is 5.73 Å². The zero-order chi connectivity index (χ0) is 27.4. The molecule has 0 amide bonds. The minimum absolute atomic E-state index is 0.210. The highest BCUT2D eigenvalue weighted by Crippen LogP contribution is 2.02. The van der Waals surface area contributed by atoms with E-state index in [0.29, 0.717) is 12.8 Å². The van der Waals surface area contributed by atoms with Crippen molar-refractivity contribution < 1.29 is 19.4 Å². The zero-order valence-corrected chi connectivity index (χ0v) is 22.5. The van der Waals surface area contributed by atoms with Crippen molar-refractivity contribution in [1.82, 2.24) is 0 Å². The van der Waals surface area contributed by atoms with E-state index in [-0.39, 0.29) is 12.4 Å². The molecule has 0 spiro atoms. The van der Waals surface area contributed by atoms with Crippen LogP contribution in [0.25, 0.3) is 0 Å². The first-order valence-corrected chi connectivity index (χ1v) is 13.0. The SMILES string of the molecule is CC/C=C\C/C=C\C/C=C\C/C=C\C/C=C\C/C=C\CCC(=O)O.COC(=O)C(N)Cc1ccccc1. The lowest BCUT2D eigenvalue weighted by Gasteiger charge is -2.08. The molecule has 0 aliphatic heterocycles. The molecule has 5 heteroatoms. The molecule has 0 saturated carbocycles. The molecule has 0 aliphatic carbocycles. The van der Waals surface area contributed by atoms with Crippen LogP contribution in [-0.4, -0.2) is 30.2 Å². The molecule has 37 heavy (non-hydrogen) atoms. The highest BCUT2D eigenvalue weighted by Gasteiger charge is 2.13. The number of carboxylic acid groups (broad SMARTS) is 1. The van der Waals surface area contributed by atoms with Gasteiger partial charge in [0.15, 0.2) is 0 Å². The van der Waals surface area contributed by atoms with Crippen LogP contribution in [0.15, 0.2) is 103 Å². The lowest BCUT2D eigenvalue weighted by molar-refractivity contribution is -0.142. The molecule has 3 N–H and O–H groups in total. The van der Waals surface area contributed by atoms with E-state index in [0.717, 1.165) is 44.1 Å². The maximum Gasteiger partial charge on any atom is 0.322 e. The highest BCUT2D eigenvalue weighted by atomic mass is 16.5. The topological polar surface area (TPSA) is 89.6 Å². The molecule has 202 valence electrons. The number of esters is 1. The summed E-state index contributed by atoms with van der Waals surface area (Å²) in [5.74, 6) is -1.11. The second kappa shape index (κ2) is 25.6. The maximum atomic E-state index is 11.0. The average Bonchev–Trinajstić information content (AvgIpc) is 2.90. The molecule has 0 saturated heterocycles. The number of carboxylic acids is 1. The number of carbonyl (C=O) groups excluding carboxylic acids is 1. The lowest BCUT2D eigenvalue weighted by Crippen LogP contribution is -2.33. The summed E-state index contributed by atoms with van der Waals surface area (Å²) in [7, 11) is 1.34. The fourth-order valence-corrected chi connectivity index (χ4v) is 2.95. The Labute approximate surface area is 223 Å². The summed E-state index contributed by atoms with van der Waals surface area (Å²) in [6.07, 6.45) is 33.0. The van der Waals surface area contributed by atoms with Gasteiger partial charge >= 0.3 is 11.9 Å². The second-order valence-corrected chi connectivity index (χ2v) is 8.17. The molecule has 0 heterocycles. The largest absolute Gasteiger partial charge is 0.481 e. The molecule has 1 unspecified atom stereocenters. The number of benzene rings is 1. The fourth-order valence-electron chi connectivity index (χ4n) is 2.95. The van der Waals surface area contributed by atoms with E-state index >= 15 is 0 Å². The average molecular weight is 508 g/mol. The summed E-state index contributed by atoms with van der Waals surface area (Å²) in [5.41, 5.74) is 6.63. The van der Waals surface area contributed by atoms with E-state index in [4.69, 9.17) is 10.8 Å². The summed E-state index contributed by atoms with van der Waals surface area (Å²) in [6, 6.07) is 9.06. The molecule has 0 fully saturated rings. The van der Waals surface area contributed by atoms with Gasteiger partial charge in [-0.1, -0.05) is 110 Å². The smallest absolute Gasteiger partial charge is 0.322 e. The minimum Gasteiger partial charge on any atom is -0.481 e. The summed E-state index contributed by atoms with van der Waals surface area (Å²) in [5, 5.41) is 8.49. The number of nitrogens with two attached hydrogens (primary N) is 1. The van der Waals surface area contributed by atoms with E-state index in [9.17, 15) is 9.59 Å². The first-order valence-electron chi connectivity index (χ1n) is 13.0. The van der Waals surface area contributed by atoms with Crippen LogP contribution in [-0.2, 0) is 20.7 Å². The third kappa shape index (κ3) is 24.0. The molecular formula is C32H45NO4. The van der Waals surface area contributed by atoms with Gasteiger partial charge in [-0.3, -0.25) is 9.59 Å². The molecule has 0 bridgehead atoms. The van der Waals surface area contributed by atoms with Crippen molar-refractivity contribution in [3.8, 4) is 0 Å². The van der Waals surface area contributed by atoms with Crippen LogP contribution in [0.4, 0.5) is 0 Å². The second-order valence-electron chi connectivity index (χ2n) is 8.17. The normalized spacial score (nSPS) is 12.7. The third-order valence-corrected chi connectivity index (χ3v) is 4.92. The molecule has 0 aromatic heterocycles. The van der Waals surface area contributed by atoms with Gasteiger partial charge in [-0.2, -0.15) is 0 Å². The number of ether oxygens (including phenoxy) is 1. The Balaban J connectivity index is 0.000000832. The summed E-state index contributed by atoms with van der Waals surface area (Å²) < 4.78 is 4.52. The van der Waals surface area contributed by atoms with Crippen LogP contribution in [0, 0.1) is 0 Å². The van der Waals surface area contributed by atoms with Crippen molar-refractivity contribution in [3.05, 3.63) is 109 Å². The Bertz CT molecular complexity index is 879. The standard InChI is InChI=1S/C22H32O2.C10H13NO2/c1-2-3-4-5-6-7-8-9-10-11-12-13-14-15-16-17-18-19-20-21-22(23)24;1-13-10(12)9(11)7-8-5-3-2-4-6-8/h3-4,6-7,9-10,12-13,15-16,18-19H,2,5,8,11,14,17,20-21H2,1H3,(H,23,24);2-6,9H,7,11H2,1H3/b4-3-,7-6-,10-9-,13-12-,16-15-,19-18-;. The Kier molecular flexibility index (Phi) is 23.3. The number of carbonyl (C=O) groups is 2. The monoisotopic (exact) mass is 507 g/mol. The van der Waals surface area contributed by atoms with Gasteiger partial charge in [0.25, 0.3) is 0 Å². The highest BCUT2D eigenvalue weighted by molar-refractivity contribution is 5.75. The van der Waals surface area contributed by atoms with Crippen molar-refractivity contribution in [2.75, 3.05) is 7.11 Å². The molecule has 1 atom stereocenters. The van der Waals surface area contributed by atoms with E-state index in [2.05, 4.69) is 72.4 Å². The fraction of sp³-hybridized carbons (Fsp3) is 0.375. The Morgan fingerprint density at radius 3 is 1.62 bits per heavy atom. The molecular weight excluding hydrogens is 462 g/mol. The van der Waals surface area contributed by atoms with Gasteiger partial charge < -0.3 is 15.6 Å². The van der Waals surface area contributed by atoms with Gasteiger partial charge in [-0.15, -0.1) is 0 Å². The van der Waals surface area contributed by atoms with Crippen LogP contribution in [0.5, 0.6) is 0 Å². The summed E-state index contributed by atoms with van der Waals surface area (Å²) in [4.78, 5) is 21.3. The quantitative estimate of drug-likeness (QED) is 0.171. The van der Waals surface area contributed by atoms with E-state index < -0.39 is 12.0 Å². The van der Waals surface area contributed by atoms with Gasteiger partial charge in [0.05, 0.1) is 7.11 Å². The Morgan fingerprint density at radius 2 is 1.22 bits per heavy atom. The Hall–Kier alpha value is -3.44. The van der Waals surface area contributed by atoms with Crippen molar-refractivity contribution >= 4 is 11.9 Å². The lowest BCUT2D eigenvalue weighted by atomic mass is 10.1. The third-order valence-electron chi connectivity index (χ3n) is 4.92. The van der Waals surface area contributed by atoms with Crippen LogP contribution < -0.4 is 5.73 Å². The maximum absolute atomic E-state index is 11.0. The molecule has 0 aliphatic rings. The van der Waals surface area contributed by atoms with Crippen LogP contribution >= 0.6 is 0 Å². The minimum atomic E-state index is -0.741. The predicted octanol–water partition coefficient (Wildman–Crippen LogP) is 7.28. The van der Waals surface area contributed by atoms with E-state index in [1.54, 1.807) is 0 Å². The van der Waals surface area contributed by atoms with Gasteiger partial charge in [-0.05, 0) is 56.9 Å². The van der Waals surface area contributed by atoms with Crippen LogP contribution in [0.1, 0.15) is 63.9 Å². The number of hydrogen-bond acceptors (Lipinski definition) is 4. The number of methoxy groups -OCH3 is 1. The first kappa shape index (κ1) is 33.6. The molecule has 5 nitrogen and oxygen atoms in total. The van der Waals surface area contributed by atoms with Gasteiger partial charge in [-0.25, -0.2) is 0 Å². The van der Waals surface area contributed by atoms with Crippen molar-refractivity contribution in [3.63, 3.8) is 0 Å². The van der Waals surface area contributed by atoms with Gasteiger partial charge in [0.1, 0.15) is 6.04 Å². The van der Waals surface area contributed by atoms with Crippen molar-refractivity contribution in [1.29, 1.82) is 0 Å². The predicted molar refractivity (Wildman–Crippen MR) is 155 cm³/mol. The van der Waals surface area contributed by atoms with E-state index in [1.807, 2.05) is 42.5 Å².